The van der Waals surface area contributed by atoms with E-state index >= 15 is 0 Å². The Bertz CT molecular complexity index is 266. The highest BCUT2D eigenvalue weighted by molar-refractivity contribution is 5.85. The van der Waals surface area contributed by atoms with Crippen molar-refractivity contribution < 1.29 is 4.79 Å². The number of rotatable bonds is 3. The van der Waals surface area contributed by atoms with Crippen molar-refractivity contribution in [1.82, 2.24) is 15.1 Å². The standard InChI is InChI=1S/C12H21N3O.ClH/c1-2-6-14-9-5-13-11(10-14)12(16)15-7-3-4-8-15;/h2,11,13H,1,3-10H2;1H. The highest BCUT2D eigenvalue weighted by Crippen LogP contribution is 2.11. The van der Waals surface area contributed by atoms with Crippen LogP contribution in [-0.4, -0.2) is 61.0 Å². The van der Waals surface area contributed by atoms with Crippen molar-refractivity contribution in [3.05, 3.63) is 12.7 Å². The topological polar surface area (TPSA) is 35.6 Å². The third kappa shape index (κ3) is 3.69. The van der Waals surface area contributed by atoms with Gasteiger partial charge in [-0.25, -0.2) is 0 Å². The molecule has 0 radical (unpaired) electrons. The number of carbonyl (C=O) groups excluding carboxylic acids is 1. The summed E-state index contributed by atoms with van der Waals surface area (Å²) in [5.74, 6) is 0.284. The molecule has 98 valence electrons. The van der Waals surface area contributed by atoms with Gasteiger partial charge in [0.15, 0.2) is 0 Å². The Morgan fingerprint density at radius 1 is 1.35 bits per heavy atom. The van der Waals surface area contributed by atoms with Crippen LogP contribution >= 0.6 is 12.4 Å². The van der Waals surface area contributed by atoms with Crippen LogP contribution in [0, 0.1) is 0 Å². The van der Waals surface area contributed by atoms with Crippen LogP contribution < -0.4 is 5.32 Å². The molecule has 1 amide bonds. The molecule has 2 aliphatic heterocycles. The van der Waals surface area contributed by atoms with E-state index in [0.29, 0.717) is 0 Å². The monoisotopic (exact) mass is 259 g/mol. The van der Waals surface area contributed by atoms with Crippen molar-refractivity contribution in [1.29, 1.82) is 0 Å². The second-order valence-electron chi connectivity index (χ2n) is 4.59. The van der Waals surface area contributed by atoms with Gasteiger partial charge in [0.1, 0.15) is 0 Å². The lowest BCUT2D eigenvalue weighted by atomic mass is 10.2. The first-order valence-electron chi connectivity index (χ1n) is 6.16. The fourth-order valence-corrected chi connectivity index (χ4v) is 2.48. The molecule has 2 aliphatic rings. The first-order valence-corrected chi connectivity index (χ1v) is 6.16. The number of hydrogen-bond donors (Lipinski definition) is 1. The van der Waals surface area contributed by atoms with E-state index in [-0.39, 0.29) is 24.4 Å². The lowest BCUT2D eigenvalue weighted by Gasteiger charge is -2.34. The summed E-state index contributed by atoms with van der Waals surface area (Å²) in [5, 5.41) is 3.32. The lowest BCUT2D eigenvalue weighted by Crippen LogP contribution is -2.57. The molecule has 17 heavy (non-hydrogen) atoms. The minimum absolute atomic E-state index is 0. The third-order valence-electron chi connectivity index (χ3n) is 3.36. The van der Waals surface area contributed by atoms with E-state index in [0.717, 1.165) is 52.1 Å². The second-order valence-corrected chi connectivity index (χ2v) is 4.59. The Hall–Kier alpha value is -0.580. The Balaban J connectivity index is 0.00000144. The van der Waals surface area contributed by atoms with E-state index < -0.39 is 0 Å². The minimum atomic E-state index is -0.00759. The van der Waals surface area contributed by atoms with Crippen molar-refractivity contribution in [3.8, 4) is 0 Å². The Kier molecular flexibility index (Phi) is 5.95. The van der Waals surface area contributed by atoms with Crippen LogP contribution in [-0.2, 0) is 4.79 Å². The van der Waals surface area contributed by atoms with Crippen LogP contribution in [0.5, 0.6) is 0 Å². The van der Waals surface area contributed by atoms with Gasteiger partial charge in [0.2, 0.25) is 5.91 Å². The number of nitrogens with zero attached hydrogens (tertiary/aromatic N) is 2. The van der Waals surface area contributed by atoms with E-state index in [1.165, 1.54) is 0 Å². The van der Waals surface area contributed by atoms with E-state index in [4.69, 9.17) is 0 Å². The number of piperazine rings is 1. The molecule has 0 spiro atoms. The van der Waals surface area contributed by atoms with Gasteiger partial charge in [0.05, 0.1) is 6.04 Å². The molecule has 0 aromatic rings. The zero-order chi connectivity index (χ0) is 11.4. The molecule has 2 fully saturated rings. The Morgan fingerprint density at radius 3 is 2.71 bits per heavy atom. The molecule has 2 saturated heterocycles. The van der Waals surface area contributed by atoms with Gasteiger partial charge in [0.25, 0.3) is 0 Å². The van der Waals surface area contributed by atoms with Crippen LogP contribution in [0.3, 0.4) is 0 Å². The van der Waals surface area contributed by atoms with Gasteiger partial charge < -0.3 is 10.2 Å². The molecule has 0 aromatic heterocycles. The predicted octanol–water partition coefficient (Wildman–Crippen LogP) is 0.490. The van der Waals surface area contributed by atoms with Crippen molar-refractivity contribution in [3.63, 3.8) is 0 Å². The predicted molar refractivity (Wildman–Crippen MR) is 71.5 cm³/mol. The normalized spacial score (nSPS) is 25.4. The summed E-state index contributed by atoms with van der Waals surface area (Å²) < 4.78 is 0. The number of halogens is 1. The summed E-state index contributed by atoms with van der Waals surface area (Å²) in [6.45, 7) is 9.24. The molecule has 4 nitrogen and oxygen atoms in total. The van der Waals surface area contributed by atoms with Crippen molar-refractivity contribution >= 4 is 18.3 Å². The molecular formula is C12H22ClN3O. The van der Waals surface area contributed by atoms with Crippen LogP contribution in [0.25, 0.3) is 0 Å². The number of carbonyl (C=O) groups is 1. The van der Waals surface area contributed by atoms with E-state index in [2.05, 4.69) is 16.8 Å². The summed E-state index contributed by atoms with van der Waals surface area (Å²) in [6, 6.07) is -0.00759. The van der Waals surface area contributed by atoms with Gasteiger partial charge in [-0.2, -0.15) is 0 Å². The maximum absolute atomic E-state index is 12.2. The van der Waals surface area contributed by atoms with Gasteiger partial charge >= 0.3 is 0 Å². The molecule has 0 aliphatic carbocycles. The molecule has 1 unspecified atom stereocenters. The fraction of sp³-hybridized carbons (Fsp3) is 0.750. The molecular weight excluding hydrogens is 238 g/mol. The number of hydrogen-bond acceptors (Lipinski definition) is 3. The fourth-order valence-electron chi connectivity index (χ4n) is 2.48. The van der Waals surface area contributed by atoms with Gasteiger partial charge in [-0.15, -0.1) is 19.0 Å². The maximum Gasteiger partial charge on any atom is 0.241 e. The molecule has 1 N–H and O–H groups in total. The van der Waals surface area contributed by atoms with Crippen LogP contribution in [0.1, 0.15) is 12.8 Å². The zero-order valence-electron chi connectivity index (χ0n) is 10.2. The van der Waals surface area contributed by atoms with Gasteiger partial charge in [-0.05, 0) is 12.8 Å². The minimum Gasteiger partial charge on any atom is -0.341 e. The van der Waals surface area contributed by atoms with Gasteiger partial charge in [-0.1, -0.05) is 6.08 Å². The zero-order valence-corrected chi connectivity index (χ0v) is 11.0. The summed E-state index contributed by atoms with van der Waals surface area (Å²) >= 11 is 0. The van der Waals surface area contributed by atoms with Crippen molar-refractivity contribution in [2.24, 2.45) is 0 Å². The summed E-state index contributed by atoms with van der Waals surface area (Å²) in [5.41, 5.74) is 0. The van der Waals surface area contributed by atoms with Crippen LogP contribution in [0.2, 0.25) is 0 Å². The van der Waals surface area contributed by atoms with Gasteiger partial charge in [0, 0.05) is 39.3 Å². The SMILES string of the molecule is C=CCN1CCNC(C(=O)N2CCCC2)C1.Cl. The molecule has 5 heteroatoms. The smallest absolute Gasteiger partial charge is 0.241 e. The summed E-state index contributed by atoms with van der Waals surface area (Å²) in [4.78, 5) is 16.4. The largest absolute Gasteiger partial charge is 0.341 e. The average Bonchev–Trinajstić information content (AvgIpc) is 2.82. The molecule has 2 rings (SSSR count). The van der Waals surface area contributed by atoms with Crippen LogP contribution in [0.4, 0.5) is 0 Å². The van der Waals surface area contributed by atoms with E-state index in [1.807, 2.05) is 11.0 Å². The van der Waals surface area contributed by atoms with Crippen molar-refractivity contribution in [2.75, 3.05) is 39.3 Å². The first-order chi connectivity index (χ1) is 7.81. The Morgan fingerprint density at radius 2 is 2.06 bits per heavy atom. The quantitative estimate of drug-likeness (QED) is 0.750. The second kappa shape index (κ2) is 6.99. The van der Waals surface area contributed by atoms with Crippen LogP contribution in [0.15, 0.2) is 12.7 Å². The molecule has 2 heterocycles. The third-order valence-corrected chi connectivity index (χ3v) is 3.36. The van der Waals surface area contributed by atoms with E-state index in [9.17, 15) is 4.79 Å². The van der Waals surface area contributed by atoms with Crippen molar-refractivity contribution in [2.45, 2.75) is 18.9 Å². The molecule has 0 bridgehead atoms. The maximum atomic E-state index is 12.2. The molecule has 0 aromatic carbocycles. The highest BCUT2D eigenvalue weighted by Gasteiger charge is 2.29. The lowest BCUT2D eigenvalue weighted by molar-refractivity contribution is -0.133. The number of amides is 1. The van der Waals surface area contributed by atoms with Gasteiger partial charge in [-0.3, -0.25) is 9.69 Å². The molecule has 1 atom stereocenters. The average molecular weight is 260 g/mol. The summed E-state index contributed by atoms with van der Waals surface area (Å²) in [7, 11) is 0. The summed E-state index contributed by atoms with van der Waals surface area (Å²) in [6.07, 6.45) is 4.23. The van der Waals surface area contributed by atoms with E-state index in [1.54, 1.807) is 0 Å². The Labute approximate surface area is 109 Å². The molecule has 0 saturated carbocycles. The number of likely N-dealkylation sites (tertiary alicyclic amines) is 1. The first kappa shape index (κ1) is 14.5. The number of nitrogens with one attached hydrogen (secondary N) is 1. The highest BCUT2D eigenvalue weighted by atomic mass is 35.5.